The Morgan fingerprint density at radius 1 is 1.00 bits per heavy atom. The summed E-state index contributed by atoms with van der Waals surface area (Å²) in [4.78, 5) is 0. The number of aliphatic hydroxyl groups is 1. The van der Waals surface area contributed by atoms with Crippen molar-refractivity contribution in [1.82, 2.24) is 5.32 Å². The third kappa shape index (κ3) is 8.26. The summed E-state index contributed by atoms with van der Waals surface area (Å²) >= 11 is 0. The van der Waals surface area contributed by atoms with Gasteiger partial charge in [-0.15, -0.1) is 0 Å². The molecule has 0 atom stereocenters. The zero-order chi connectivity index (χ0) is 9.94. The molecule has 80 valence electrons. The second kappa shape index (κ2) is 10.0. The van der Waals surface area contributed by atoms with Gasteiger partial charge in [0.15, 0.2) is 0 Å². The Morgan fingerprint density at radius 3 is 2.15 bits per heavy atom. The van der Waals surface area contributed by atoms with Crippen LogP contribution in [0.25, 0.3) is 0 Å². The molecular weight excluding hydrogens is 162 g/mol. The molecule has 0 fully saturated rings. The standard InChI is InChI=1S/C11H25NO/c1-3-11(4-2)12-9-7-5-6-8-10-13/h11-13H,3-10H2,1-2H3. The van der Waals surface area contributed by atoms with Crippen LogP contribution in [0.5, 0.6) is 0 Å². The molecule has 0 heterocycles. The maximum Gasteiger partial charge on any atom is 0.0431 e. The Labute approximate surface area is 82.7 Å². The first-order chi connectivity index (χ1) is 6.35. The molecule has 2 N–H and O–H groups in total. The highest BCUT2D eigenvalue weighted by Crippen LogP contribution is 2.00. The minimum Gasteiger partial charge on any atom is -0.396 e. The van der Waals surface area contributed by atoms with Crippen molar-refractivity contribution < 1.29 is 5.11 Å². The summed E-state index contributed by atoms with van der Waals surface area (Å²) in [6.45, 7) is 5.94. The molecule has 0 unspecified atom stereocenters. The van der Waals surface area contributed by atoms with Gasteiger partial charge in [0.05, 0.1) is 0 Å². The summed E-state index contributed by atoms with van der Waals surface area (Å²) in [7, 11) is 0. The first kappa shape index (κ1) is 12.9. The highest BCUT2D eigenvalue weighted by Gasteiger charge is 1.99. The summed E-state index contributed by atoms with van der Waals surface area (Å²) in [5.74, 6) is 0. The molecule has 0 bridgehead atoms. The molecule has 0 aromatic heterocycles. The molecule has 0 spiro atoms. The Balaban J connectivity index is 3.05. The Hall–Kier alpha value is -0.0800. The molecule has 0 saturated heterocycles. The lowest BCUT2D eigenvalue weighted by Gasteiger charge is -2.14. The van der Waals surface area contributed by atoms with Crippen molar-refractivity contribution in [3.05, 3.63) is 0 Å². The van der Waals surface area contributed by atoms with Crippen LogP contribution in [0.3, 0.4) is 0 Å². The van der Waals surface area contributed by atoms with E-state index < -0.39 is 0 Å². The van der Waals surface area contributed by atoms with Gasteiger partial charge >= 0.3 is 0 Å². The third-order valence-corrected chi connectivity index (χ3v) is 2.50. The zero-order valence-electron chi connectivity index (χ0n) is 9.18. The van der Waals surface area contributed by atoms with Gasteiger partial charge in [-0.3, -0.25) is 0 Å². The van der Waals surface area contributed by atoms with E-state index in [2.05, 4.69) is 19.2 Å². The van der Waals surface area contributed by atoms with Crippen molar-refractivity contribution in [2.24, 2.45) is 0 Å². The number of unbranched alkanes of at least 4 members (excludes halogenated alkanes) is 3. The zero-order valence-corrected chi connectivity index (χ0v) is 9.18. The fraction of sp³-hybridized carbons (Fsp3) is 1.00. The van der Waals surface area contributed by atoms with Gasteiger partial charge in [0.25, 0.3) is 0 Å². The molecule has 0 aromatic carbocycles. The van der Waals surface area contributed by atoms with Gasteiger partial charge in [-0.05, 0) is 32.2 Å². The lowest BCUT2D eigenvalue weighted by atomic mass is 10.1. The monoisotopic (exact) mass is 187 g/mol. The molecule has 0 aromatic rings. The van der Waals surface area contributed by atoms with Crippen LogP contribution in [0.2, 0.25) is 0 Å². The summed E-state index contributed by atoms with van der Waals surface area (Å²) < 4.78 is 0. The van der Waals surface area contributed by atoms with Crippen LogP contribution in [0.1, 0.15) is 52.4 Å². The Kier molecular flexibility index (Phi) is 9.94. The summed E-state index contributed by atoms with van der Waals surface area (Å²) in [5.41, 5.74) is 0. The quantitative estimate of drug-likeness (QED) is 0.543. The summed E-state index contributed by atoms with van der Waals surface area (Å²) in [6, 6.07) is 0.706. The van der Waals surface area contributed by atoms with Crippen LogP contribution in [-0.2, 0) is 0 Å². The predicted octanol–water partition coefficient (Wildman–Crippen LogP) is 2.32. The number of nitrogens with one attached hydrogen (secondary N) is 1. The lowest BCUT2D eigenvalue weighted by molar-refractivity contribution is 0.282. The topological polar surface area (TPSA) is 32.3 Å². The molecule has 13 heavy (non-hydrogen) atoms. The van der Waals surface area contributed by atoms with Crippen LogP contribution in [0, 0.1) is 0 Å². The smallest absolute Gasteiger partial charge is 0.0431 e. The van der Waals surface area contributed by atoms with Crippen molar-refractivity contribution >= 4 is 0 Å². The molecule has 0 aliphatic carbocycles. The second-order valence-electron chi connectivity index (χ2n) is 3.61. The van der Waals surface area contributed by atoms with Crippen molar-refractivity contribution in [3.63, 3.8) is 0 Å². The van der Waals surface area contributed by atoms with E-state index in [9.17, 15) is 0 Å². The largest absolute Gasteiger partial charge is 0.396 e. The predicted molar refractivity (Wildman–Crippen MR) is 57.9 cm³/mol. The number of rotatable bonds is 9. The fourth-order valence-corrected chi connectivity index (χ4v) is 1.47. The average Bonchev–Trinajstić information content (AvgIpc) is 2.17. The molecular formula is C11H25NO. The Morgan fingerprint density at radius 2 is 1.62 bits per heavy atom. The Bertz CT molecular complexity index is 92.1. The number of hydrogen-bond donors (Lipinski definition) is 2. The van der Waals surface area contributed by atoms with E-state index in [1.165, 1.54) is 32.1 Å². The number of aliphatic hydroxyl groups excluding tert-OH is 1. The van der Waals surface area contributed by atoms with Crippen LogP contribution < -0.4 is 5.32 Å². The average molecular weight is 187 g/mol. The highest BCUT2D eigenvalue weighted by molar-refractivity contribution is 4.61. The van der Waals surface area contributed by atoms with Gasteiger partial charge in [0.2, 0.25) is 0 Å². The molecule has 2 nitrogen and oxygen atoms in total. The van der Waals surface area contributed by atoms with Crippen molar-refractivity contribution in [1.29, 1.82) is 0 Å². The molecule has 0 aliphatic rings. The van der Waals surface area contributed by atoms with E-state index in [1.54, 1.807) is 0 Å². The molecule has 0 aliphatic heterocycles. The second-order valence-corrected chi connectivity index (χ2v) is 3.61. The van der Waals surface area contributed by atoms with Gasteiger partial charge < -0.3 is 10.4 Å². The van der Waals surface area contributed by atoms with E-state index in [-0.39, 0.29) is 0 Å². The SMILES string of the molecule is CCC(CC)NCCCCCCO. The molecule has 0 amide bonds. The van der Waals surface area contributed by atoms with Crippen LogP contribution in [-0.4, -0.2) is 24.3 Å². The molecule has 2 heteroatoms. The first-order valence-corrected chi connectivity index (χ1v) is 5.69. The van der Waals surface area contributed by atoms with Gasteiger partial charge in [-0.25, -0.2) is 0 Å². The van der Waals surface area contributed by atoms with Gasteiger partial charge in [-0.2, -0.15) is 0 Å². The highest BCUT2D eigenvalue weighted by atomic mass is 16.2. The van der Waals surface area contributed by atoms with Gasteiger partial charge in [0.1, 0.15) is 0 Å². The lowest BCUT2D eigenvalue weighted by Crippen LogP contribution is -2.28. The maximum absolute atomic E-state index is 8.57. The molecule has 0 saturated carbocycles. The van der Waals surface area contributed by atoms with E-state index in [1.807, 2.05) is 0 Å². The summed E-state index contributed by atoms with van der Waals surface area (Å²) in [5, 5.41) is 12.1. The van der Waals surface area contributed by atoms with E-state index >= 15 is 0 Å². The normalized spacial score (nSPS) is 11.1. The van der Waals surface area contributed by atoms with Crippen LogP contribution >= 0.6 is 0 Å². The van der Waals surface area contributed by atoms with E-state index in [0.717, 1.165) is 13.0 Å². The first-order valence-electron chi connectivity index (χ1n) is 5.69. The maximum atomic E-state index is 8.57. The third-order valence-electron chi connectivity index (χ3n) is 2.50. The fourth-order valence-electron chi connectivity index (χ4n) is 1.47. The van der Waals surface area contributed by atoms with Gasteiger partial charge in [0, 0.05) is 12.6 Å². The van der Waals surface area contributed by atoms with Crippen molar-refractivity contribution in [2.75, 3.05) is 13.2 Å². The minimum atomic E-state index is 0.347. The summed E-state index contributed by atoms with van der Waals surface area (Å²) in [6.07, 6.45) is 7.08. The minimum absolute atomic E-state index is 0.347. The number of hydrogen-bond acceptors (Lipinski definition) is 2. The molecule has 0 rings (SSSR count). The van der Waals surface area contributed by atoms with Crippen molar-refractivity contribution in [3.8, 4) is 0 Å². The van der Waals surface area contributed by atoms with E-state index in [4.69, 9.17) is 5.11 Å². The van der Waals surface area contributed by atoms with Gasteiger partial charge in [-0.1, -0.05) is 26.7 Å². The van der Waals surface area contributed by atoms with Crippen molar-refractivity contribution in [2.45, 2.75) is 58.4 Å². The van der Waals surface area contributed by atoms with E-state index in [0.29, 0.717) is 12.6 Å². The molecule has 0 radical (unpaired) electrons. The van der Waals surface area contributed by atoms with Crippen LogP contribution in [0.15, 0.2) is 0 Å². The van der Waals surface area contributed by atoms with Crippen LogP contribution in [0.4, 0.5) is 0 Å².